The van der Waals surface area contributed by atoms with Crippen LogP contribution in [0.15, 0.2) is 30.3 Å². The monoisotopic (exact) mass is 287 g/mol. The van der Waals surface area contributed by atoms with Gasteiger partial charge in [0.15, 0.2) is 0 Å². The second kappa shape index (κ2) is 6.16. The molecule has 1 unspecified atom stereocenters. The molecule has 2 N–H and O–H groups in total. The number of carbonyl (C=O) groups excluding carboxylic acids is 1. The van der Waals surface area contributed by atoms with Crippen LogP contribution in [0.2, 0.25) is 0 Å². The van der Waals surface area contributed by atoms with Crippen LogP contribution < -0.4 is 10.6 Å². The van der Waals surface area contributed by atoms with Crippen LogP contribution in [0.4, 0.5) is 0 Å². The molecule has 2 saturated heterocycles. The van der Waals surface area contributed by atoms with Gasteiger partial charge in [-0.15, -0.1) is 0 Å². The summed E-state index contributed by atoms with van der Waals surface area (Å²) in [6, 6.07) is 10.6. The van der Waals surface area contributed by atoms with E-state index in [0.717, 1.165) is 51.0 Å². The normalized spacial score (nSPS) is 25.7. The van der Waals surface area contributed by atoms with Gasteiger partial charge in [0.05, 0.1) is 5.41 Å². The van der Waals surface area contributed by atoms with E-state index in [1.54, 1.807) is 0 Å². The Balaban J connectivity index is 1.80. The van der Waals surface area contributed by atoms with E-state index in [2.05, 4.69) is 34.7 Å². The van der Waals surface area contributed by atoms with E-state index in [0.29, 0.717) is 6.04 Å². The van der Waals surface area contributed by atoms with Crippen LogP contribution in [0.3, 0.4) is 0 Å². The zero-order valence-electron chi connectivity index (χ0n) is 12.8. The number of amides is 1. The molecule has 2 aliphatic heterocycles. The Kier molecular flexibility index (Phi) is 4.27. The van der Waals surface area contributed by atoms with Gasteiger partial charge < -0.3 is 15.5 Å². The zero-order chi connectivity index (χ0) is 14.7. The van der Waals surface area contributed by atoms with Gasteiger partial charge in [-0.2, -0.15) is 0 Å². The van der Waals surface area contributed by atoms with Crippen LogP contribution in [0.1, 0.15) is 24.8 Å². The maximum Gasteiger partial charge on any atom is 0.231 e. The Bertz CT molecular complexity index is 482. The highest BCUT2D eigenvalue weighted by atomic mass is 16.2. The third-order valence-corrected chi connectivity index (χ3v) is 4.94. The SMILES string of the molecule is CN1CCC(NC(=O)C2(c3ccccc3)CCNCC2)C1. The van der Waals surface area contributed by atoms with Crippen molar-refractivity contribution in [1.29, 1.82) is 0 Å². The van der Waals surface area contributed by atoms with Gasteiger partial charge in [0.2, 0.25) is 5.91 Å². The summed E-state index contributed by atoms with van der Waals surface area (Å²) >= 11 is 0. The summed E-state index contributed by atoms with van der Waals surface area (Å²) in [6.45, 7) is 3.86. The predicted molar refractivity (Wildman–Crippen MR) is 84.3 cm³/mol. The summed E-state index contributed by atoms with van der Waals surface area (Å²) in [5.41, 5.74) is 0.809. The molecule has 2 heterocycles. The molecule has 0 spiro atoms. The molecule has 4 heteroatoms. The van der Waals surface area contributed by atoms with Gasteiger partial charge in [0, 0.05) is 12.6 Å². The Hall–Kier alpha value is -1.39. The highest BCUT2D eigenvalue weighted by Crippen LogP contribution is 2.34. The van der Waals surface area contributed by atoms with Crippen molar-refractivity contribution in [3.8, 4) is 0 Å². The fraction of sp³-hybridized carbons (Fsp3) is 0.588. The lowest BCUT2D eigenvalue weighted by Crippen LogP contribution is -2.53. The second-order valence-corrected chi connectivity index (χ2v) is 6.42. The summed E-state index contributed by atoms with van der Waals surface area (Å²) in [7, 11) is 2.11. The maximum absolute atomic E-state index is 13.0. The molecule has 0 aromatic heterocycles. The predicted octanol–water partition coefficient (Wildman–Crippen LogP) is 1.13. The van der Waals surface area contributed by atoms with Crippen molar-refractivity contribution in [1.82, 2.24) is 15.5 Å². The maximum atomic E-state index is 13.0. The summed E-state index contributed by atoms with van der Waals surface area (Å²) in [4.78, 5) is 15.3. The summed E-state index contributed by atoms with van der Waals surface area (Å²) in [5.74, 6) is 0.218. The Labute approximate surface area is 126 Å². The molecular weight excluding hydrogens is 262 g/mol. The standard InChI is InChI=1S/C17H25N3O/c1-20-12-7-15(13-20)19-16(21)17(8-10-18-11-9-17)14-5-3-2-4-6-14/h2-6,15,18H,7-13H2,1H3,(H,19,21). The lowest BCUT2D eigenvalue weighted by Gasteiger charge is -2.37. The number of piperidine rings is 1. The Morgan fingerprint density at radius 2 is 2.00 bits per heavy atom. The number of carbonyl (C=O) groups is 1. The lowest BCUT2D eigenvalue weighted by molar-refractivity contribution is -0.128. The molecular formula is C17H25N3O. The van der Waals surface area contributed by atoms with Crippen LogP contribution in [0.25, 0.3) is 0 Å². The number of nitrogens with one attached hydrogen (secondary N) is 2. The quantitative estimate of drug-likeness (QED) is 0.876. The molecule has 1 amide bonds. The average molecular weight is 287 g/mol. The summed E-state index contributed by atoms with van der Waals surface area (Å²) < 4.78 is 0. The molecule has 1 aromatic carbocycles. The molecule has 114 valence electrons. The zero-order valence-corrected chi connectivity index (χ0v) is 12.8. The number of hydrogen-bond donors (Lipinski definition) is 2. The Morgan fingerprint density at radius 3 is 2.62 bits per heavy atom. The van der Waals surface area contributed by atoms with Gasteiger partial charge in [-0.05, 0) is 51.5 Å². The van der Waals surface area contributed by atoms with Gasteiger partial charge in [-0.1, -0.05) is 30.3 Å². The third kappa shape index (κ3) is 2.97. The number of nitrogens with zero attached hydrogens (tertiary/aromatic N) is 1. The molecule has 4 nitrogen and oxygen atoms in total. The number of rotatable bonds is 3. The average Bonchev–Trinajstić information content (AvgIpc) is 2.94. The van der Waals surface area contributed by atoms with Gasteiger partial charge in [-0.25, -0.2) is 0 Å². The minimum atomic E-state index is -0.354. The molecule has 0 radical (unpaired) electrons. The highest BCUT2D eigenvalue weighted by molar-refractivity contribution is 5.88. The fourth-order valence-corrected chi connectivity index (χ4v) is 3.63. The first-order valence-corrected chi connectivity index (χ1v) is 7.96. The van der Waals surface area contributed by atoms with E-state index in [4.69, 9.17) is 0 Å². The number of likely N-dealkylation sites (N-methyl/N-ethyl adjacent to an activating group) is 1. The van der Waals surface area contributed by atoms with E-state index in [-0.39, 0.29) is 11.3 Å². The number of hydrogen-bond acceptors (Lipinski definition) is 3. The van der Waals surface area contributed by atoms with Crippen LogP contribution in [0, 0.1) is 0 Å². The Morgan fingerprint density at radius 1 is 1.29 bits per heavy atom. The van der Waals surface area contributed by atoms with E-state index >= 15 is 0 Å². The number of likely N-dealkylation sites (tertiary alicyclic amines) is 1. The van der Waals surface area contributed by atoms with Crippen LogP contribution in [-0.2, 0) is 10.2 Å². The second-order valence-electron chi connectivity index (χ2n) is 6.42. The minimum absolute atomic E-state index is 0.218. The van der Waals surface area contributed by atoms with E-state index in [1.807, 2.05) is 18.2 Å². The molecule has 1 atom stereocenters. The summed E-state index contributed by atoms with van der Waals surface area (Å²) in [6.07, 6.45) is 2.82. The van der Waals surface area contributed by atoms with E-state index < -0.39 is 0 Å². The smallest absolute Gasteiger partial charge is 0.231 e. The molecule has 0 saturated carbocycles. The van der Waals surface area contributed by atoms with Crippen molar-refractivity contribution in [3.05, 3.63) is 35.9 Å². The van der Waals surface area contributed by atoms with Crippen LogP contribution in [0.5, 0.6) is 0 Å². The van der Waals surface area contributed by atoms with Crippen molar-refractivity contribution < 1.29 is 4.79 Å². The largest absolute Gasteiger partial charge is 0.351 e. The lowest BCUT2D eigenvalue weighted by atomic mass is 9.72. The first kappa shape index (κ1) is 14.5. The molecule has 0 aliphatic carbocycles. The molecule has 2 aliphatic rings. The first-order valence-electron chi connectivity index (χ1n) is 7.96. The van der Waals surface area contributed by atoms with Crippen molar-refractivity contribution in [2.24, 2.45) is 0 Å². The minimum Gasteiger partial charge on any atom is -0.351 e. The van der Waals surface area contributed by atoms with Gasteiger partial charge in [-0.3, -0.25) is 4.79 Å². The van der Waals surface area contributed by atoms with Crippen LogP contribution >= 0.6 is 0 Å². The number of benzene rings is 1. The van der Waals surface area contributed by atoms with Gasteiger partial charge in [0.1, 0.15) is 0 Å². The molecule has 3 rings (SSSR count). The van der Waals surface area contributed by atoms with Crippen molar-refractivity contribution in [2.75, 3.05) is 33.2 Å². The van der Waals surface area contributed by atoms with E-state index in [9.17, 15) is 4.79 Å². The van der Waals surface area contributed by atoms with Crippen molar-refractivity contribution in [2.45, 2.75) is 30.7 Å². The molecule has 21 heavy (non-hydrogen) atoms. The van der Waals surface area contributed by atoms with E-state index in [1.165, 1.54) is 0 Å². The highest BCUT2D eigenvalue weighted by Gasteiger charge is 2.42. The molecule has 2 fully saturated rings. The molecule has 0 bridgehead atoms. The van der Waals surface area contributed by atoms with Gasteiger partial charge >= 0.3 is 0 Å². The van der Waals surface area contributed by atoms with Crippen molar-refractivity contribution >= 4 is 5.91 Å². The van der Waals surface area contributed by atoms with Gasteiger partial charge in [0.25, 0.3) is 0 Å². The fourth-order valence-electron chi connectivity index (χ4n) is 3.63. The van der Waals surface area contributed by atoms with Crippen molar-refractivity contribution in [3.63, 3.8) is 0 Å². The molecule has 1 aromatic rings. The first-order chi connectivity index (χ1) is 10.2. The topological polar surface area (TPSA) is 44.4 Å². The van der Waals surface area contributed by atoms with Crippen LogP contribution in [-0.4, -0.2) is 50.1 Å². The summed E-state index contributed by atoms with van der Waals surface area (Å²) in [5, 5.41) is 6.69. The third-order valence-electron chi connectivity index (χ3n) is 4.94.